The van der Waals surface area contributed by atoms with Gasteiger partial charge in [-0.05, 0) is 58.7 Å². The number of sulfonamides is 1. The molecule has 0 fully saturated rings. The standard InChI is InChI=1S/C13H24ClNO3S.C8H7N.C2H6/c1-5-13(7-6-10-14)19(17,18)15(4)11(2)8-9-12(3)16;1-7-2-4-8(6-9)5-3-7;1-2/h5-7,11-12,16H,8-10H2,1-4H3;2-5H,1H3;1-2H3/b7-6-,13-5+;;. The topological polar surface area (TPSA) is 81.4 Å². The summed E-state index contributed by atoms with van der Waals surface area (Å²) in [6.45, 7) is 11.2. The van der Waals surface area contributed by atoms with Gasteiger partial charge < -0.3 is 5.11 Å². The lowest BCUT2D eigenvalue weighted by atomic mass is 10.1. The van der Waals surface area contributed by atoms with Crippen molar-refractivity contribution in [1.29, 1.82) is 5.26 Å². The Balaban J connectivity index is 0. The van der Waals surface area contributed by atoms with Crippen LogP contribution < -0.4 is 0 Å². The minimum absolute atomic E-state index is 0.168. The highest BCUT2D eigenvalue weighted by Crippen LogP contribution is 2.18. The van der Waals surface area contributed by atoms with E-state index in [9.17, 15) is 13.5 Å². The Morgan fingerprint density at radius 1 is 1.23 bits per heavy atom. The quantitative estimate of drug-likeness (QED) is 0.420. The van der Waals surface area contributed by atoms with Gasteiger partial charge >= 0.3 is 0 Å². The summed E-state index contributed by atoms with van der Waals surface area (Å²) in [5.41, 5.74) is 1.91. The van der Waals surface area contributed by atoms with Crippen LogP contribution in [0, 0.1) is 18.3 Å². The van der Waals surface area contributed by atoms with E-state index in [2.05, 4.69) is 6.07 Å². The van der Waals surface area contributed by atoms with Crippen molar-refractivity contribution < 1.29 is 13.5 Å². The predicted molar refractivity (Wildman–Crippen MR) is 128 cm³/mol. The second kappa shape index (κ2) is 17.1. The Hall–Kier alpha value is -1.65. The molecule has 1 aromatic carbocycles. The molecule has 170 valence electrons. The van der Waals surface area contributed by atoms with E-state index in [-0.39, 0.29) is 16.8 Å². The second-order valence-electron chi connectivity index (χ2n) is 6.52. The fourth-order valence-electron chi connectivity index (χ4n) is 2.19. The summed E-state index contributed by atoms with van der Waals surface area (Å²) in [7, 11) is -1.95. The van der Waals surface area contributed by atoms with Gasteiger partial charge in [0.2, 0.25) is 10.0 Å². The Bertz CT molecular complexity index is 780. The minimum Gasteiger partial charge on any atom is -0.393 e. The second-order valence-corrected chi connectivity index (χ2v) is 8.83. The molecule has 7 heteroatoms. The number of hydrogen-bond acceptors (Lipinski definition) is 4. The van der Waals surface area contributed by atoms with Gasteiger partial charge in [-0.15, -0.1) is 11.6 Å². The van der Waals surface area contributed by atoms with Crippen molar-refractivity contribution >= 4 is 21.6 Å². The number of aliphatic hydroxyl groups is 1. The molecule has 0 heterocycles. The van der Waals surface area contributed by atoms with Gasteiger partial charge in [-0.3, -0.25) is 0 Å². The van der Waals surface area contributed by atoms with E-state index in [1.54, 1.807) is 33.0 Å². The summed E-state index contributed by atoms with van der Waals surface area (Å²) in [6.07, 6.45) is 5.43. The summed E-state index contributed by atoms with van der Waals surface area (Å²) in [5, 5.41) is 17.6. The van der Waals surface area contributed by atoms with Crippen molar-refractivity contribution in [3.05, 3.63) is 58.5 Å². The third-order valence-electron chi connectivity index (χ3n) is 4.14. The molecule has 0 saturated heterocycles. The Kier molecular flexibility index (Phi) is 17.4. The molecule has 1 N–H and O–H groups in total. The highest BCUT2D eigenvalue weighted by Gasteiger charge is 2.25. The number of nitriles is 1. The molecule has 0 amide bonds. The molecule has 0 aromatic heterocycles. The first-order chi connectivity index (χ1) is 14.1. The maximum absolute atomic E-state index is 12.4. The van der Waals surface area contributed by atoms with Gasteiger partial charge in [-0.1, -0.05) is 43.7 Å². The molecular formula is C23H37ClN2O3S. The molecule has 30 heavy (non-hydrogen) atoms. The zero-order chi connectivity index (χ0) is 23.7. The average Bonchev–Trinajstić information content (AvgIpc) is 2.74. The van der Waals surface area contributed by atoms with Crippen LogP contribution in [0.25, 0.3) is 0 Å². The molecule has 0 bridgehead atoms. The van der Waals surface area contributed by atoms with Crippen molar-refractivity contribution in [1.82, 2.24) is 4.31 Å². The number of aryl methyl sites for hydroxylation is 1. The van der Waals surface area contributed by atoms with Crippen LogP contribution in [-0.4, -0.2) is 42.9 Å². The van der Waals surface area contributed by atoms with E-state index in [0.29, 0.717) is 12.8 Å². The fraction of sp³-hybridized carbons (Fsp3) is 0.522. The Labute approximate surface area is 188 Å². The first-order valence-corrected chi connectivity index (χ1v) is 12.1. The van der Waals surface area contributed by atoms with Crippen LogP contribution >= 0.6 is 11.6 Å². The van der Waals surface area contributed by atoms with E-state index in [4.69, 9.17) is 16.9 Å². The number of rotatable bonds is 8. The summed E-state index contributed by atoms with van der Waals surface area (Å²) in [4.78, 5) is 0.236. The molecule has 0 radical (unpaired) electrons. The highest BCUT2D eigenvalue weighted by atomic mass is 35.5. The van der Waals surface area contributed by atoms with Gasteiger partial charge in [-0.25, -0.2) is 8.42 Å². The summed E-state index contributed by atoms with van der Waals surface area (Å²) in [6, 6.07) is 9.37. The molecule has 1 rings (SSSR count). The molecule has 2 atom stereocenters. The maximum Gasteiger partial charge on any atom is 0.242 e. The van der Waals surface area contributed by atoms with Crippen LogP contribution in [0.5, 0.6) is 0 Å². The highest BCUT2D eigenvalue weighted by molar-refractivity contribution is 7.93. The van der Waals surface area contributed by atoms with Crippen molar-refractivity contribution in [2.45, 2.75) is 66.5 Å². The van der Waals surface area contributed by atoms with Gasteiger partial charge in [0.1, 0.15) is 0 Å². The van der Waals surface area contributed by atoms with Crippen molar-refractivity contribution in [2.75, 3.05) is 12.9 Å². The lowest BCUT2D eigenvalue weighted by Gasteiger charge is -2.25. The molecule has 2 unspecified atom stereocenters. The summed E-state index contributed by atoms with van der Waals surface area (Å²) < 4.78 is 26.0. The minimum atomic E-state index is -3.50. The van der Waals surface area contributed by atoms with Gasteiger partial charge in [0.05, 0.1) is 22.6 Å². The normalized spacial score (nSPS) is 13.6. The molecule has 0 aliphatic carbocycles. The lowest BCUT2D eigenvalue weighted by molar-refractivity contribution is 0.172. The van der Waals surface area contributed by atoms with Crippen LogP contribution in [0.1, 0.15) is 58.6 Å². The zero-order valence-electron chi connectivity index (χ0n) is 19.3. The number of hydrogen-bond donors (Lipinski definition) is 1. The molecule has 0 saturated carbocycles. The van der Waals surface area contributed by atoms with Crippen LogP contribution in [0.4, 0.5) is 0 Å². The Morgan fingerprint density at radius 2 is 1.77 bits per heavy atom. The molecule has 5 nitrogen and oxygen atoms in total. The summed E-state index contributed by atoms with van der Waals surface area (Å²) in [5.74, 6) is 0.272. The van der Waals surface area contributed by atoms with E-state index < -0.39 is 16.1 Å². The largest absolute Gasteiger partial charge is 0.393 e. The number of halogens is 1. The lowest BCUT2D eigenvalue weighted by Crippen LogP contribution is -2.36. The van der Waals surface area contributed by atoms with E-state index in [1.165, 1.54) is 15.9 Å². The van der Waals surface area contributed by atoms with Crippen LogP contribution in [-0.2, 0) is 10.0 Å². The maximum atomic E-state index is 12.4. The zero-order valence-corrected chi connectivity index (χ0v) is 20.8. The first-order valence-electron chi connectivity index (χ1n) is 10.1. The predicted octanol–water partition coefficient (Wildman–Crippen LogP) is 5.39. The smallest absolute Gasteiger partial charge is 0.242 e. The molecule has 0 aliphatic heterocycles. The Morgan fingerprint density at radius 3 is 2.17 bits per heavy atom. The number of alkyl halides is 1. The van der Waals surface area contributed by atoms with Gasteiger partial charge in [-0.2, -0.15) is 9.57 Å². The molecule has 0 spiro atoms. The average molecular weight is 457 g/mol. The van der Waals surface area contributed by atoms with E-state index >= 15 is 0 Å². The SMILES string of the molecule is C/C=C(\C=C/CCl)S(=O)(=O)N(C)C(C)CCC(C)O.CC.Cc1ccc(C#N)cc1. The monoisotopic (exact) mass is 456 g/mol. The number of aliphatic hydroxyl groups excluding tert-OH is 1. The van der Waals surface area contributed by atoms with Gasteiger partial charge in [0, 0.05) is 19.0 Å². The van der Waals surface area contributed by atoms with Crippen molar-refractivity contribution in [3.63, 3.8) is 0 Å². The fourth-order valence-corrected chi connectivity index (χ4v) is 3.75. The van der Waals surface area contributed by atoms with Crippen LogP contribution in [0.15, 0.2) is 47.4 Å². The first kappa shape index (κ1) is 30.5. The molecule has 1 aromatic rings. The number of nitrogens with zero attached hydrogens (tertiary/aromatic N) is 2. The third kappa shape index (κ3) is 12.1. The van der Waals surface area contributed by atoms with E-state index in [1.807, 2.05) is 52.0 Å². The van der Waals surface area contributed by atoms with Gasteiger partial charge in [0.15, 0.2) is 0 Å². The molecular weight excluding hydrogens is 420 g/mol. The van der Waals surface area contributed by atoms with Gasteiger partial charge in [0.25, 0.3) is 0 Å². The van der Waals surface area contributed by atoms with Crippen LogP contribution in [0.2, 0.25) is 0 Å². The van der Waals surface area contributed by atoms with Crippen molar-refractivity contribution in [2.24, 2.45) is 0 Å². The molecule has 0 aliphatic rings. The van der Waals surface area contributed by atoms with E-state index in [0.717, 1.165) is 5.56 Å². The number of allylic oxidation sites excluding steroid dienone is 3. The third-order valence-corrected chi connectivity index (χ3v) is 6.40. The van der Waals surface area contributed by atoms with Crippen molar-refractivity contribution in [3.8, 4) is 6.07 Å². The van der Waals surface area contributed by atoms with Crippen LogP contribution in [0.3, 0.4) is 0 Å². The number of benzene rings is 1. The summed E-state index contributed by atoms with van der Waals surface area (Å²) >= 11 is 5.53.